The Morgan fingerprint density at radius 2 is 1.92 bits per heavy atom. The normalized spacial score (nSPS) is 20.8. The number of hydrogen-bond donors (Lipinski definition) is 0. The second kappa shape index (κ2) is 8.21. The average Bonchev–Trinajstić information content (AvgIpc) is 3.12. The molecule has 0 unspecified atom stereocenters. The lowest BCUT2D eigenvalue weighted by Gasteiger charge is -2.25. The number of esters is 1. The lowest BCUT2D eigenvalue weighted by Crippen LogP contribution is -2.38. The maximum atomic E-state index is 12.8. The monoisotopic (exact) mass is 389 g/mol. The Morgan fingerprint density at radius 1 is 1.21 bits per heavy atom. The molecule has 0 N–H and O–H groups in total. The van der Waals surface area contributed by atoms with Gasteiger partial charge < -0.3 is 4.74 Å². The van der Waals surface area contributed by atoms with E-state index in [2.05, 4.69) is 0 Å². The SMILES string of the molecule is O=C(OCC1CCCCC1)c1sccc1S(=O)(=O)N1CCSCC1. The summed E-state index contributed by atoms with van der Waals surface area (Å²) in [5, 5.41) is 1.66. The predicted molar refractivity (Wildman–Crippen MR) is 97.3 cm³/mol. The van der Waals surface area contributed by atoms with E-state index in [1.807, 2.05) is 0 Å². The lowest BCUT2D eigenvalue weighted by atomic mass is 9.90. The molecule has 8 heteroatoms. The number of nitrogens with zero attached hydrogens (tertiary/aromatic N) is 1. The quantitative estimate of drug-likeness (QED) is 0.724. The van der Waals surface area contributed by atoms with Gasteiger partial charge in [0.05, 0.1) is 6.61 Å². The van der Waals surface area contributed by atoms with E-state index in [4.69, 9.17) is 4.74 Å². The molecule has 2 heterocycles. The van der Waals surface area contributed by atoms with Crippen LogP contribution in [0.15, 0.2) is 16.3 Å². The van der Waals surface area contributed by atoms with Gasteiger partial charge in [0.15, 0.2) is 0 Å². The molecule has 0 amide bonds. The molecule has 0 bridgehead atoms. The van der Waals surface area contributed by atoms with Crippen molar-refractivity contribution < 1.29 is 17.9 Å². The maximum absolute atomic E-state index is 12.8. The van der Waals surface area contributed by atoms with E-state index in [0.29, 0.717) is 25.6 Å². The van der Waals surface area contributed by atoms with E-state index in [-0.39, 0.29) is 9.77 Å². The van der Waals surface area contributed by atoms with Gasteiger partial charge in [0.2, 0.25) is 10.0 Å². The lowest BCUT2D eigenvalue weighted by molar-refractivity contribution is 0.0412. The summed E-state index contributed by atoms with van der Waals surface area (Å²) in [4.78, 5) is 12.7. The van der Waals surface area contributed by atoms with Crippen molar-refractivity contribution in [3.05, 3.63) is 16.3 Å². The molecule has 2 fully saturated rings. The van der Waals surface area contributed by atoms with E-state index < -0.39 is 16.0 Å². The van der Waals surface area contributed by atoms with Gasteiger partial charge in [0, 0.05) is 24.6 Å². The fraction of sp³-hybridized carbons (Fsp3) is 0.688. The first-order chi connectivity index (χ1) is 11.6. The maximum Gasteiger partial charge on any atom is 0.349 e. The van der Waals surface area contributed by atoms with E-state index >= 15 is 0 Å². The number of thioether (sulfide) groups is 1. The molecule has 24 heavy (non-hydrogen) atoms. The number of thiophene rings is 1. The Bertz CT molecular complexity index is 659. The van der Waals surface area contributed by atoms with E-state index in [1.165, 1.54) is 29.6 Å². The molecule has 1 aromatic heterocycles. The molecule has 1 aromatic rings. The highest BCUT2D eigenvalue weighted by molar-refractivity contribution is 7.99. The average molecular weight is 390 g/mol. The zero-order valence-electron chi connectivity index (χ0n) is 13.6. The fourth-order valence-electron chi connectivity index (χ4n) is 3.19. The first kappa shape index (κ1) is 18.2. The minimum Gasteiger partial charge on any atom is -0.461 e. The molecule has 0 radical (unpaired) electrons. The summed E-state index contributed by atoms with van der Waals surface area (Å²) in [6, 6.07) is 1.53. The molecule has 134 valence electrons. The van der Waals surface area contributed by atoms with Gasteiger partial charge in [-0.3, -0.25) is 0 Å². The minimum absolute atomic E-state index is 0.105. The molecule has 1 aliphatic carbocycles. The highest BCUT2D eigenvalue weighted by Crippen LogP contribution is 2.29. The Labute approximate surface area is 151 Å². The summed E-state index contributed by atoms with van der Waals surface area (Å²) in [7, 11) is -3.61. The molecule has 1 aliphatic heterocycles. The highest BCUT2D eigenvalue weighted by atomic mass is 32.2. The first-order valence-corrected chi connectivity index (χ1v) is 11.9. The van der Waals surface area contributed by atoms with Gasteiger partial charge in [0.25, 0.3) is 0 Å². The van der Waals surface area contributed by atoms with E-state index in [0.717, 1.165) is 35.7 Å². The third kappa shape index (κ3) is 4.15. The molecular weight excluding hydrogens is 366 g/mol. The largest absolute Gasteiger partial charge is 0.461 e. The summed E-state index contributed by atoms with van der Waals surface area (Å²) < 4.78 is 32.5. The number of hydrogen-bond acceptors (Lipinski definition) is 6. The van der Waals surface area contributed by atoms with Gasteiger partial charge >= 0.3 is 5.97 Å². The second-order valence-electron chi connectivity index (χ2n) is 6.23. The minimum atomic E-state index is -3.61. The Kier molecular flexibility index (Phi) is 6.23. The molecule has 0 spiro atoms. The smallest absolute Gasteiger partial charge is 0.349 e. The van der Waals surface area contributed by atoms with E-state index in [1.54, 1.807) is 17.1 Å². The molecule has 1 saturated carbocycles. The van der Waals surface area contributed by atoms with Crippen molar-refractivity contribution in [2.24, 2.45) is 5.92 Å². The van der Waals surface area contributed by atoms with Gasteiger partial charge in [-0.2, -0.15) is 16.1 Å². The number of ether oxygens (including phenoxy) is 1. The van der Waals surface area contributed by atoms with Crippen molar-refractivity contribution in [2.75, 3.05) is 31.2 Å². The van der Waals surface area contributed by atoms with Crippen LogP contribution in [0.1, 0.15) is 41.8 Å². The number of carbonyl (C=O) groups excluding carboxylic acids is 1. The molecule has 5 nitrogen and oxygen atoms in total. The van der Waals surface area contributed by atoms with Crippen LogP contribution in [0.3, 0.4) is 0 Å². The molecular formula is C16H23NO4S3. The number of sulfonamides is 1. The van der Waals surface area contributed by atoms with Crippen molar-refractivity contribution in [1.29, 1.82) is 0 Å². The summed E-state index contributed by atoms with van der Waals surface area (Å²) in [6.07, 6.45) is 5.82. The third-order valence-corrected chi connectivity index (χ3v) is 8.48. The number of rotatable bonds is 5. The Morgan fingerprint density at radius 3 is 2.62 bits per heavy atom. The van der Waals surface area contributed by atoms with Gasteiger partial charge in [0.1, 0.15) is 9.77 Å². The van der Waals surface area contributed by atoms with Crippen molar-refractivity contribution in [3.8, 4) is 0 Å². The zero-order valence-corrected chi connectivity index (χ0v) is 16.1. The fourth-order valence-corrected chi connectivity index (χ4v) is 7.05. The molecule has 2 aliphatic rings. The zero-order chi connectivity index (χ0) is 17.0. The topological polar surface area (TPSA) is 63.7 Å². The van der Waals surface area contributed by atoms with Crippen molar-refractivity contribution in [3.63, 3.8) is 0 Å². The summed E-state index contributed by atoms with van der Waals surface area (Å²) >= 11 is 2.90. The molecule has 3 rings (SSSR count). The van der Waals surface area contributed by atoms with Crippen LogP contribution in [0, 0.1) is 5.92 Å². The van der Waals surface area contributed by atoms with Crippen LogP contribution < -0.4 is 0 Å². The summed E-state index contributed by atoms with van der Waals surface area (Å²) in [5.74, 6) is 1.51. The standard InChI is InChI=1S/C16H23NO4S3/c18-16(21-12-13-4-2-1-3-5-13)15-14(6-9-23-15)24(19,20)17-7-10-22-11-8-17/h6,9,13H,1-5,7-8,10-12H2. The van der Waals surface area contributed by atoms with Crippen LogP contribution in [-0.2, 0) is 14.8 Å². The van der Waals surface area contributed by atoms with Gasteiger partial charge in [-0.15, -0.1) is 11.3 Å². The predicted octanol–water partition coefficient (Wildman–Crippen LogP) is 3.22. The van der Waals surface area contributed by atoms with Crippen molar-refractivity contribution in [2.45, 2.75) is 37.0 Å². The van der Waals surface area contributed by atoms with Crippen LogP contribution in [-0.4, -0.2) is 49.9 Å². The Hall–Kier alpha value is -0.570. The molecule has 0 atom stereocenters. The van der Waals surface area contributed by atoms with Crippen LogP contribution in [0.25, 0.3) is 0 Å². The van der Waals surface area contributed by atoms with Gasteiger partial charge in [-0.25, -0.2) is 13.2 Å². The van der Waals surface area contributed by atoms with E-state index in [9.17, 15) is 13.2 Å². The molecule has 1 saturated heterocycles. The van der Waals surface area contributed by atoms with Crippen molar-refractivity contribution in [1.82, 2.24) is 4.31 Å². The first-order valence-electron chi connectivity index (χ1n) is 8.41. The summed E-state index contributed by atoms with van der Waals surface area (Å²) in [5.41, 5.74) is 0. The van der Waals surface area contributed by atoms with Crippen LogP contribution >= 0.6 is 23.1 Å². The Balaban J connectivity index is 1.68. The van der Waals surface area contributed by atoms with Crippen LogP contribution in [0.2, 0.25) is 0 Å². The summed E-state index contributed by atoms with van der Waals surface area (Å²) in [6.45, 7) is 1.40. The molecule has 0 aromatic carbocycles. The van der Waals surface area contributed by atoms with Gasteiger partial charge in [-0.1, -0.05) is 19.3 Å². The van der Waals surface area contributed by atoms with Crippen molar-refractivity contribution >= 4 is 39.1 Å². The van der Waals surface area contributed by atoms with Crippen LogP contribution in [0.5, 0.6) is 0 Å². The third-order valence-electron chi connectivity index (χ3n) is 4.58. The highest BCUT2D eigenvalue weighted by Gasteiger charge is 2.32. The number of carbonyl (C=O) groups is 1. The van der Waals surface area contributed by atoms with Crippen LogP contribution in [0.4, 0.5) is 0 Å². The van der Waals surface area contributed by atoms with Gasteiger partial charge in [-0.05, 0) is 30.2 Å². The second-order valence-corrected chi connectivity index (χ2v) is 10.3.